The highest BCUT2D eigenvalue weighted by molar-refractivity contribution is 5.72. The molecule has 0 saturated carbocycles. The van der Waals surface area contributed by atoms with Crippen molar-refractivity contribution in [2.45, 2.75) is 13.3 Å². The molecule has 1 aromatic rings. The lowest BCUT2D eigenvalue weighted by Crippen LogP contribution is -1.97. The fourth-order valence-electron chi connectivity index (χ4n) is 1.64. The average molecular weight is 199 g/mol. The number of allylic oxidation sites excluding steroid dienone is 3. The van der Waals surface area contributed by atoms with Gasteiger partial charge in [0.25, 0.3) is 0 Å². The van der Waals surface area contributed by atoms with Crippen LogP contribution in [0.2, 0.25) is 0 Å². The molecule has 2 heteroatoms. The second-order valence-corrected chi connectivity index (χ2v) is 3.63. The molecule has 0 atom stereocenters. The summed E-state index contributed by atoms with van der Waals surface area (Å²) in [5.41, 5.74) is 4.39. The summed E-state index contributed by atoms with van der Waals surface area (Å²) in [6, 6.07) is 6.04. The van der Waals surface area contributed by atoms with Gasteiger partial charge in [-0.1, -0.05) is 18.2 Å². The molecule has 0 aliphatic carbocycles. The summed E-state index contributed by atoms with van der Waals surface area (Å²) in [6.07, 6.45) is 7.50. The summed E-state index contributed by atoms with van der Waals surface area (Å²) < 4.78 is 0. The summed E-state index contributed by atoms with van der Waals surface area (Å²) in [4.78, 5) is 10.4. The van der Waals surface area contributed by atoms with Gasteiger partial charge in [-0.05, 0) is 36.3 Å². The minimum atomic E-state index is 0.480. The Morgan fingerprint density at radius 3 is 3.07 bits per heavy atom. The van der Waals surface area contributed by atoms with Crippen LogP contribution in [0.3, 0.4) is 0 Å². The summed E-state index contributed by atoms with van der Waals surface area (Å²) in [6.45, 7) is 2.03. The van der Waals surface area contributed by atoms with Gasteiger partial charge in [-0.25, -0.2) is 0 Å². The largest absolute Gasteiger partial charge is 0.359 e. The number of carbonyl (C=O) groups is 1. The molecule has 0 amide bonds. The first-order valence-electron chi connectivity index (χ1n) is 4.98. The molecule has 2 nitrogen and oxygen atoms in total. The van der Waals surface area contributed by atoms with E-state index >= 15 is 0 Å². The van der Waals surface area contributed by atoms with E-state index < -0.39 is 0 Å². The van der Waals surface area contributed by atoms with E-state index in [1.807, 2.05) is 43.4 Å². The number of rotatable bonds is 2. The molecule has 0 fully saturated rings. The molecule has 0 bridgehead atoms. The number of aldehydes is 1. The summed E-state index contributed by atoms with van der Waals surface area (Å²) in [5, 5.41) is 3.30. The molecule has 76 valence electrons. The molecule has 0 radical (unpaired) electrons. The molecule has 1 heterocycles. The van der Waals surface area contributed by atoms with Crippen LogP contribution >= 0.6 is 0 Å². The lowest BCUT2D eigenvalue weighted by molar-refractivity contribution is -0.107. The van der Waals surface area contributed by atoms with Crippen molar-refractivity contribution in [2.24, 2.45) is 0 Å². The zero-order valence-corrected chi connectivity index (χ0v) is 8.66. The monoisotopic (exact) mass is 199 g/mol. The topological polar surface area (TPSA) is 29.1 Å². The van der Waals surface area contributed by atoms with Crippen LogP contribution in [0, 0.1) is 0 Å². The van der Waals surface area contributed by atoms with Crippen molar-refractivity contribution in [3.63, 3.8) is 0 Å². The Bertz CT molecular complexity index is 444. The van der Waals surface area contributed by atoms with Crippen molar-refractivity contribution in [1.29, 1.82) is 0 Å². The van der Waals surface area contributed by atoms with E-state index in [2.05, 4.69) is 5.32 Å². The predicted molar refractivity (Wildman–Crippen MR) is 62.6 cm³/mol. The van der Waals surface area contributed by atoms with Crippen molar-refractivity contribution in [3.05, 3.63) is 47.2 Å². The normalized spacial score (nSPS) is 13.5. The van der Waals surface area contributed by atoms with E-state index in [4.69, 9.17) is 0 Å². The third kappa shape index (κ3) is 2.15. The Labute approximate surface area is 89.3 Å². The third-order valence-electron chi connectivity index (χ3n) is 2.39. The van der Waals surface area contributed by atoms with Gasteiger partial charge in [0.2, 0.25) is 0 Å². The second kappa shape index (κ2) is 4.13. The minimum absolute atomic E-state index is 0.480. The van der Waals surface area contributed by atoms with Gasteiger partial charge in [0.1, 0.15) is 6.29 Å². The quantitative estimate of drug-likeness (QED) is 0.742. The minimum Gasteiger partial charge on any atom is -0.359 e. The first-order valence-corrected chi connectivity index (χ1v) is 4.98. The van der Waals surface area contributed by atoms with Crippen LogP contribution in [0.15, 0.2) is 36.0 Å². The van der Waals surface area contributed by atoms with Crippen LogP contribution in [0.5, 0.6) is 0 Å². The van der Waals surface area contributed by atoms with Crippen LogP contribution < -0.4 is 5.32 Å². The van der Waals surface area contributed by atoms with Crippen molar-refractivity contribution in [2.75, 3.05) is 5.32 Å². The first kappa shape index (κ1) is 9.71. The molecule has 15 heavy (non-hydrogen) atoms. The van der Waals surface area contributed by atoms with Crippen molar-refractivity contribution < 1.29 is 4.79 Å². The molecule has 1 aliphatic rings. The molecule has 1 N–H and O–H groups in total. The van der Waals surface area contributed by atoms with Gasteiger partial charge >= 0.3 is 0 Å². The fraction of sp³-hybridized carbons (Fsp3) is 0.154. The Hall–Kier alpha value is -1.83. The van der Waals surface area contributed by atoms with Crippen molar-refractivity contribution in [3.8, 4) is 0 Å². The predicted octanol–water partition coefficient (Wildman–Crippen LogP) is 2.77. The first-order chi connectivity index (χ1) is 7.29. The third-order valence-corrected chi connectivity index (χ3v) is 2.39. The van der Waals surface area contributed by atoms with E-state index in [9.17, 15) is 4.79 Å². The molecule has 0 unspecified atom stereocenters. The maximum Gasteiger partial charge on any atom is 0.124 e. The number of benzene rings is 1. The smallest absolute Gasteiger partial charge is 0.124 e. The van der Waals surface area contributed by atoms with Gasteiger partial charge in [0.05, 0.1) is 0 Å². The second-order valence-electron chi connectivity index (χ2n) is 3.63. The van der Waals surface area contributed by atoms with Crippen molar-refractivity contribution >= 4 is 18.0 Å². The fourth-order valence-corrected chi connectivity index (χ4v) is 1.64. The Kier molecular flexibility index (Phi) is 2.68. The number of fused-ring (bicyclic) bond motifs is 1. The van der Waals surface area contributed by atoms with Crippen LogP contribution in [-0.4, -0.2) is 6.29 Å². The summed E-state index contributed by atoms with van der Waals surface area (Å²) in [5.74, 6) is 0. The number of carbonyl (C=O) groups excluding carboxylic acids is 1. The van der Waals surface area contributed by atoms with Gasteiger partial charge in [-0.15, -0.1) is 0 Å². The number of hydrogen-bond donors (Lipinski definition) is 1. The number of hydrogen-bond acceptors (Lipinski definition) is 2. The van der Waals surface area contributed by atoms with Crippen LogP contribution in [-0.2, 0) is 11.2 Å². The SMILES string of the molecule is CC1=CC=Cc2cc(CC=O)ccc2N1. The maximum absolute atomic E-state index is 10.4. The highest BCUT2D eigenvalue weighted by Gasteiger charge is 2.03. The van der Waals surface area contributed by atoms with Crippen LogP contribution in [0.1, 0.15) is 18.1 Å². The van der Waals surface area contributed by atoms with E-state index in [0.717, 1.165) is 28.8 Å². The molecule has 1 aliphatic heterocycles. The van der Waals surface area contributed by atoms with Gasteiger partial charge in [-0.2, -0.15) is 0 Å². The van der Waals surface area contributed by atoms with E-state index in [1.54, 1.807) is 0 Å². The highest BCUT2D eigenvalue weighted by atomic mass is 16.1. The Morgan fingerprint density at radius 1 is 1.40 bits per heavy atom. The van der Waals surface area contributed by atoms with Gasteiger partial charge in [0.15, 0.2) is 0 Å². The Morgan fingerprint density at radius 2 is 2.27 bits per heavy atom. The van der Waals surface area contributed by atoms with Gasteiger partial charge in [-0.3, -0.25) is 0 Å². The average Bonchev–Trinajstić information content (AvgIpc) is 2.39. The van der Waals surface area contributed by atoms with Crippen LogP contribution in [0.25, 0.3) is 6.08 Å². The van der Waals surface area contributed by atoms with E-state index in [-0.39, 0.29) is 0 Å². The maximum atomic E-state index is 10.4. The van der Waals surface area contributed by atoms with Crippen LogP contribution in [0.4, 0.5) is 5.69 Å². The molecular formula is C13H13NO. The lowest BCUT2D eigenvalue weighted by atomic mass is 10.1. The van der Waals surface area contributed by atoms with Crippen molar-refractivity contribution in [1.82, 2.24) is 0 Å². The zero-order chi connectivity index (χ0) is 10.7. The zero-order valence-electron chi connectivity index (χ0n) is 8.66. The van der Waals surface area contributed by atoms with Gasteiger partial charge in [0, 0.05) is 17.8 Å². The standard InChI is InChI=1S/C13H13NO/c1-10-3-2-4-12-9-11(7-8-15)5-6-13(12)14-10/h2-6,8-9,14H,7H2,1H3. The molecule has 0 spiro atoms. The van der Waals surface area contributed by atoms with E-state index in [1.165, 1.54) is 0 Å². The van der Waals surface area contributed by atoms with E-state index in [0.29, 0.717) is 6.42 Å². The molecule has 2 rings (SSSR count). The molecule has 1 aromatic carbocycles. The molecule has 0 aromatic heterocycles. The highest BCUT2D eigenvalue weighted by Crippen LogP contribution is 2.23. The summed E-state index contributed by atoms with van der Waals surface area (Å²) in [7, 11) is 0. The summed E-state index contributed by atoms with van der Waals surface area (Å²) >= 11 is 0. The van der Waals surface area contributed by atoms with Gasteiger partial charge < -0.3 is 10.1 Å². The Balaban J connectivity index is 2.38. The number of nitrogens with one attached hydrogen (secondary N) is 1. The molecular weight excluding hydrogens is 186 g/mol. The number of anilines is 1. The molecule has 0 saturated heterocycles. The lowest BCUT2D eigenvalue weighted by Gasteiger charge is -2.09.